The molecule has 1 rings (SSSR count). The fraction of sp³-hybridized carbons (Fsp3) is 0.250. The van der Waals surface area contributed by atoms with Crippen molar-refractivity contribution in [3.05, 3.63) is 17.1 Å². The Bertz CT molecular complexity index is 126. The van der Waals surface area contributed by atoms with Crippen LogP contribution >= 0.6 is 23.1 Å². The molecule has 7 heavy (non-hydrogen) atoms. The molecule has 0 saturated carbocycles. The van der Waals surface area contributed by atoms with Crippen molar-refractivity contribution in [2.24, 2.45) is 0 Å². The highest BCUT2D eigenvalue weighted by atomic mass is 35.5. The first kappa shape index (κ1) is 5.06. The van der Waals surface area contributed by atoms with Crippen LogP contribution in [-0.4, -0.2) is 4.37 Å². The monoisotopic (exact) mass is 133 g/mol. The normalized spacial score (nSPS) is 9.29. The molecule has 0 fully saturated rings. The van der Waals surface area contributed by atoms with Crippen LogP contribution in [0.1, 0.15) is 5.56 Å². The van der Waals surface area contributed by atoms with Crippen molar-refractivity contribution in [1.82, 2.24) is 4.37 Å². The van der Waals surface area contributed by atoms with Crippen molar-refractivity contribution in [3.63, 3.8) is 0 Å². The van der Waals surface area contributed by atoms with Gasteiger partial charge in [-0.2, -0.15) is 0 Å². The maximum absolute atomic E-state index is 5.43. The SMILES string of the molecule is ClCc1cnsc1. The van der Waals surface area contributed by atoms with E-state index in [-0.39, 0.29) is 0 Å². The maximum atomic E-state index is 5.43. The maximum Gasteiger partial charge on any atom is 0.0498 e. The molecular formula is C4H4ClNS. The molecule has 0 N–H and O–H groups in total. The van der Waals surface area contributed by atoms with Gasteiger partial charge in [-0.15, -0.1) is 11.6 Å². The van der Waals surface area contributed by atoms with Crippen molar-refractivity contribution in [1.29, 1.82) is 0 Å². The molecule has 0 aliphatic heterocycles. The smallest absolute Gasteiger partial charge is 0.0498 e. The van der Waals surface area contributed by atoms with Gasteiger partial charge in [-0.05, 0) is 17.1 Å². The van der Waals surface area contributed by atoms with Gasteiger partial charge in [0, 0.05) is 17.5 Å². The summed E-state index contributed by atoms with van der Waals surface area (Å²) < 4.78 is 3.85. The fourth-order valence-electron chi connectivity index (χ4n) is 0.293. The topological polar surface area (TPSA) is 12.9 Å². The van der Waals surface area contributed by atoms with Gasteiger partial charge < -0.3 is 0 Å². The van der Waals surface area contributed by atoms with E-state index in [4.69, 9.17) is 11.6 Å². The molecule has 1 aromatic heterocycles. The van der Waals surface area contributed by atoms with Crippen molar-refractivity contribution in [2.75, 3.05) is 0 Å². The zero-order chi connectivity index (χ0) is 5.11. The van der Waals surface area contributed by atoms with Crippen molar-refractivity contribution >= 4 is 23.1 Å². The Morgan fingerprint density at radius 3 is 3.00 bits per heavy atom. The lowest BCUT2D eigenvalue weighted by Crippen LogP contribution is -1.63. The van der Waals surface area contributed by atoms with Gasteiger partial charge in [-0.25, -0.2) is 4.37 Å². The molecule has 0 aliphatic rings. The molecular weight excluding hydrogens is 130 g/mol. The third-order valence-corrected chi connectivity index (χ3v) is 1.58. The summed E-state index contributed by atoms with van der Waals surface area (Å²) >= 11 is 6.86. The fourth-order valence-corrected chi connectivity index (χ4v) is 1.07. The third kappa shape index (κ3) is 1.14. The average molecular weight is 134 g/mol. The molecule has 0 aliphatic carbocycles. The van der Waals surface area contributed by atoms with Crippen LogP contribution in [0.25, 0.3) is 0 Å². The van der Waals surface area contributed by atoms with E-state index in [0.29, 0.717) is 5.88 Å². The standard InChI is InChI=1S/C4H4ClNS/c5-1-4-2-6-7-3-4/h2-3H,1H2. The molecule has 0 spiro atoms. The minimum atomic E-state index is 0.580. The highest BCUT2D eigenvalue weighted by Gasteiger charge is 1.85. The lowest BCUT2D eigenvalue weighted by molar-refractivity contribution is 1.40. The van der Waals surface area contributed by atoms with Gasteiger partial charge in [-0.1, -0.05) is 0 Å². The lowest BCUT2D eigenvalue weighted by atomic mass is 10.4. The zero-order valence-electron chi connectivity index (χ0n) is 3.60. The molecule has 0 bridgehead atoms. The van der Waals surface area contributed by atoms with Crippen LogP contribution in [0.5, 0.6) is 0 Å². The number of nitrogens with zero attached hydrogens (tertiary/aromatic N) is 1. The minimum absolute atomic E-state index is 0.580. The second kappa shape index (κ2) is 2.28. The summed E-state index contributed by atoms with van der Waals surface area (Å²) in [4.78, 5) is 0. The molecule has 0 unspecified atom stereocenters. The van der Waals surface area contributed by atoms with E-state index in [1.54, 1.807) is 6.20 Å². The van der Waals surface area contributed by atoms with Crippen molar-refractivity contribution < 1.29 is 0 Å². The summed E-state index contributed by atoms with van der Waals surface area (Å²) in [6.45, 7) is 0. The number of hydrogen-bond acceptors (Lipinski definition) is 2. The number of alkyl halides is 1. The largest absolute Gasteiger partial charge is 0.201 e. The van der Waals surface area contributed by atoms with E-state index in [1.165, 1.54) is 11.5 Å². The highest BCUT2D eigenvalue weighted by Crippen LogP contribution is 2.03. The molecule has 3 heteroatoms. The zero-order valence-corrected chi connectivity index (χ0v) is 5.17. The van der Waals surface area contributed by atoms with Gasteiger partial charge in [0.15, 0.2) is 0 Å². The Morgan fingerprint density at radius 1 is 1.86 bits per heavy atom. The molecule has 0 amide bonds. The van der Waals surface area contributed by atoms with E-state index in [1.807, 2.05) is 5.38 Å². The predicted molar refractivity (Wildman–Crippen MR) is 31.7 cm³/mol. The Hall–Kier alpha value is -0.0800. The molecule has 1 aromatic rings. The van der Waals surface area contributed by atoms with Crippen LogP contribution in [0.15, 0.2) is 11.6 Å². The van der Waals surface area contributed by atoms with Crippen LogP contribution in [0.4, 0.5) is 0 Å². The van der Waals surface area contributed by atoms with Crippen LogP contribution in [-0.2, 0) is 5.88 Å². The summed E-state index contributed by atoms with van der Waals surface area (Å²) in [7, 11) is 0. The Morgan fingerprint density at radius 2 is 2.71 bits per heavy atom. The second-order valence-corrected chi connectivity index (χ2v) is 2.09. The van der Waals surface area contributed by atoms with E-state index in [0.717, 1.165) is 5.56 Å². The van der Waals surface area contributed by atoms with Crippen LogP contribution in [0.3, 0.4) is 0 Å². The van der Waals surface area contributed by atoms with Gasteiger partial charge in [0.25, 0.3) is 0 Å². The van der Waals surface area contributed by atoms with Crippen molar-refractivity contribution in [2.45, 2.75) is 5.88 Å². The van der Waals surface area contributed by atoms with Crippen LogP contribution < -0.4 is 0 Å². The summed E-state index contributed by atoms with van der Waals surface area (Å²) in [5, 5.41) is 1.94. The first-order valence-corrected chi connectivity index (χ1v) is 3.25. The highest BCUT2D eigenvalue weighted by molar-refractivity contribution is 7.03. The van der Waals surface area contributed by atoms with E-state index in [2.05, 4.69) is 4.37 Å². The Balaban J connectivity index is 2.76. The van der Waals surface area contributed by atoms with Gasteiger partial charge in [0.05, 0.1) is 0 Å². The van der Waals surface area contributed by atoms with Gasteiger partial charge in [0.1, 0.15) is 0 Å². The first-order valence-electron chi connectivity index (χ1n) is 1.87. The number of halogens is 1. The van der Waals surface area contributed by atoms with Gasteiger partial charge in [0.2, 0.25) is 0 Å². The van der Waals surface area contributed by atoms with Gasteiger partial charge >= 0.3 is 0 Å². The van der Waals surface area contributed by atoms with Crippen LogP contribution in [0.2, 0.25) is 0 Å². The quantitative estimate of drug-likeness (QED) is 0.533. The van der Waals surface area contributed by atoms with Crippen LogP contribution in [0, 0.1) is 0 Å². The number of hydrogen-bond donors (Lipinski definition) is 0. The minimum Gasteiger partial charge on any atom is -0.201 e. The number of aromatic nitrogens is 1. The molecule has 1 heterocycles. The summed E-state index contributed by atoms with van der Waals surface area (Å²) in [6.07, 6.45) is 1.78. The molecule has 0 aromatic carbocycles. The average Bonchev–Trinajstić information content (AvgIpc) is 2.14. The molecule has 1 nitrogen and oxygen atoms in total. The summed E-state index contributed by atoms with van der Waals surface area (Å²) in [5.74, 6) is 0.580. The molecule has 38 valence electrons. The first-order chi connectivity index (χ1) is 3.43. The Labute approximate surface area is 51.1 Å². The third-order valence-electron chi connectivity index (χ3n) is 0.638. The van der Waals surface area contributed by atoms with E-state index < -0.39 is 0 Å². The molecule has 0 radical (unpaired) electrons. The predicted octanol–water partition coefficient (Wildman–Crippen LogP) is 1.88. The number of rotatable bonds is 1. The summed E-state index contributed by atoms with van der Waals surface area (Å²) in [6, 6.07) is 0. The van der Waals surface area contributed by atoms with E-state index in [9.17, 15) is 0 Å². The molecule has 0 saturated heterocycles. The Kier molecular flexibility index (Phi) is 1.65. The molecule has 0 atom stereocenters. The van der Waals surface area contributed by atoms with E-state index >= 15 is 0 Å². The van der Waals surface area contributed by atoms with Gasteiger partial charge in [-0.3, -0.25) is 0 Å². The summed E-state index contributed by atoms with van der Waals surface area (Å²) in [5.41, 5.74) is 1.10. The van der Waals surface area contributed by atoms with Crippen molar-refractivity contribution in [3.8, 4) is 0 Å². The second-order valence-electron chi connectivity index (χ2n) is 1.17. The lowest BCUT2D eigenvalue weighted by Gasteiger charge is -1.74.